The minimum Gasteiger partial charge on any atom is -0.493 e. The van der Waals surface area contributed by atoms with Gasteiger partial charge in [0.15, 0.2) is 16.6 Å². The second-order valence-electron chi connectivity index (χ2n) is 6.40. The summed E-state index contributed by atoms with van der Waals surface area (Å²) < 4.78 is 11.3. The number of thiazole rings is 1. The van der Waals surface area contributed by atoms with Gasteiger partial charge in [0.25, 0.3) is 0 Å². The van der Waals surface area contributed by atoms with Crippen molar-refractivity contribution in [3.8, 4) is 11.5 Å². The first kappa shape index (κ1) is 17.5. The van der Waals surface area contributed by atoms with Crippen LogP contribution in [-0.4, -0.2) is 31.7 Å². The highest BCUT2D eigenvalue weighted by Crippen LogP contribution is 2.43. The Morgan fingerprint density at radius 1 is 1.40 bits per heavy atom. The van der Waals surface area contributed by atoms with Crippen LogP contribution in [0.15, 0.2) is 18.2 Å². The van der Waals surface area contributed by atoms with Crippen LogP contribution >= 0.6 is 11.3 Å². The Kier molecular flexibility index (Phi) is 5.13. The van der Waals surface area contributed by atoms with Crippen LogP contribution in [0.2, 0.25) is 0 Å². The summed E-state index contributed by atoms with van der Waals surface area (Å²) in [4.78, 5) is 17.6. The van der Waals surface area contributed by atoms with Gasteiger partial charge in [-0.25, -0.2) is 4.98 Å². The van der Waals surface area contributed by atoms with E-state index in [0.717, 1.165) is 21.3 Å². The van der Waals surface area contributed by atoms with E-state index in [4.69, 9.17) is 9.47 Å². The highest BCUT2D eigenvalue weighted by molar-refractivity contribution is 7.16. The normalized spacial score (nSPS) is 16.4. The van der Waals surface area contributed by atoms with Gasteiger partial charge in [-0.15, -0.1) is 0 Å². The van der Waals surface area contributed by atoms with E-state index in [-0.39, 0.29) is 11.8 Å². The molecule has 1 aromatic heterocycles. The lowest BCUT2D eigenvalue weighted by atomic mass is 9.91. The van der Waals surface area contributed by atoms with Crippen LogP contribution in [0.5, 0.6) is 11.5 Å². The molecule has 0 saturated carbocycles. The molecule has 0 aliphatic carbocycles. The molecule has 1 aromatic carbocycles. The fourth-order valence-corrected chi connectivity index (χ4v) is 3.77. The zero-order valence-electron chi connectivity index (χ0n) is 14.9. The molecule has 2 N–H and O–H groups in total. The van der Waals surface area contributed by atoms with Gasteiger partial charge >= 0.3 is 0 Å². The molecule has 134 valence electrons. The summed E-state index contributed by atoms with van der Waals surface area (Å²) in [6, 6.07) is 5.88. The molecule has 1 amide bonds. The van der Waals surface area contributed by atoms with Crippen LogP contribution in [0.1, 0.15) is 36.6 Å². The number of anilines is 2. The summed E-state index contributed by atoms with van der Waals surface area (Å²) in [6.07, 6.45) is 0.397. The number of hydrogen-bond acceptors (Lipinski definition) is 6. The SMILES string of the molecule is CNc1nc2c(s1)[C@H](c1ccc(OCC(C)C)c(OC)c1)CC(=O)N2. The lowest BCUT2D eigenvalue weighted by Crippen LogP contribution is -2.22. The standard InChI is InChI=1S/C18H23N3O3S/c1-10(2)9-24-13-6-5-11(7-14(13)23-4)12-8-15(22)20-17-16(12)25-18(19-3)21-17/h5-7,10,12H,8-9H2,1-4H3,(H,19,21)(H,20,22)/t12-/m0/s1. The van der Waals surface area contributed by atoms with Gasteiger partial charge < -0.3 is 20.1 Å². The average Bonchev–Trinajstić information content (AvgIpc) is 3.01. The van der Waals surface area contributed by atoms with Gasteiger partial charge in [0.2, 0.25) is 5.91 Å². The lowest BCUT2D eigenvalue weighted by Gasteiger charge is -2.22. The number of amides is 1. The summed E-state index contributed by atoms with van der Waals surface area (Å²) in [7, 11) is 3.46. The number of carbonyl (C=O) groups is 1. The van der Waals surface area contributed by atoms with Crippen LogP contribution in [0, 0.1) is 5.92 Å². The molecule has 1 aliphatic rings. The van der Waals surface area contributed by atoms with Crippen molar-refractivity contribution in [2.45, 2.75) is 26.2 Å². The van der Waals surface area contributed by atoms with Crippen LogP contribution in [-0.2, 0) is 4.79 Å². The number of aromatic nitrogens is 1. The number of nitrogens with zero attached hydrogens (tertiary/aromatic N) is 1. The maximum atomic E-state index is 12.1. The van der Waals surface area contributed by atoms with E-state index in [9.17, 15) is 4.79 Å². The van der Waals surface area contributed by atoms with Crippen molar-refractivity contribution in [2.75, 3.05) is 31.4 Å². The topological polar surface area (TPSA) is 72.5 Å². The Labute approximate surface area is 151 Å². The minimum absolute atomic E-state index is 0.0236. The molecule has 25 heavy (non-hydrogen) atoms. The monoisotopic (exact) mass is 361 g/mol. The van der Waals surface area contributed by atoms with Crippen molar-refractivity contribution in [3.63, 3.8) is 0 Å². The second-order valence-corrected chi connectivity index (χ2v) is 7.43. The third-order valence-electron chi connectivity index (χ3n) is 3.99. The molecule has 0 spiro atoms. The molecule has 1 atom stereocenters. The van der Waals surface area contributed by atoms with E-state index in [0.29, 0.717) is 30.5 Å². The molecule has 1 aliphatic heterocycles. The van der Waals surface area contributed by atoms with Gasteiger partial charge in [-0.1, -0.05) is 31.3 Å². The molecule has 0 saturated heterocycles. The number of rotatable bonds is 6. The predicted molar refractivity (Wildman–Crippen MR) is 100 cm³/mol. The molecule has 3 rings (SSSR count). The molecule has 0 bridgehead atoms. The molecule has 0 fully saturated rings. The number of hydrogen-bond donors (Lipinski definition) is 2. The smallest absolute Gasteiger partial charge is 0.226 e. The Balaban J connectivity index is 1.93. The Morgan fingerprint density at radius 3 is 2.88 bits per heavy atom. The van der Waals surface area contributed by atoms with Gasteiger partial charge in [-0.2, -0.15) is 0 Å². The van der Waals surface area contributed by atoms with E-state index < -0.39 is 0 Å². The first-order valence-electron chi connectivity index (χ1n) is 8.30. The van der Waals surface area contributed by atoms with Gasteiger partial charge in [0, 0.05) is 19.4 Å². The highest BCUT2D eigenvalue weighted by atomic mass is 32.1. The van der Waals surface area contributed by atoms with Gasteiger partial charge in [0.05, 0.1) is 18.6 Å². The third-order valence-corrected chi connectivity index (χ3v) is 5.18. The summed E-state index contributed by atoms with van der Waals surface area (Å²) >= 11 is 1.56. The van der Waals surface area contributed by atoms with Crippen LogP contribution < -0.4 is 20.1 Å². The molecular formula is C18H23N3O3S. The summed E-state index contributed by atoms with van der Waals surface area (Å²) in [5.41, 5.74) is 1.02. The summed E-state index contributed by atoms with van der Waals surface area (Å²) in [5, 5.41) is 6.69. The minimum atomic E-state index is -0.0311. The van der Waals surface area contributed by atoms with Crippen molar-refractivity contribution >= 4 is 28.2 Å². The number of carbonyl (C=O) groups excluding carboxylic acids is 1. The Bertz CT molecular complexity index is 773. The number of ether oxygens (including phenoxy) is 2. The van der Waals surface area contributed by atoms with Crippen LogP contribution in [0.4, 0.5) is 10.9 Å². The van der Waals surface area contributed by atoms with Crippen molar-refractivity contribution in [2.24, 2.45) is 5.92 Å². The van der Waals surface area contributed by atoms with E-state index >= 15 is 0 Å². The van der Waals surface area contributed by atoms with Crippen LogP contribution in [0.3, 0.4) is 0 Å². The number of fused-ring (bicyclic) bond motifs is 1. The van der Waals surface area contributed by atoms with E-state index in [1.807, 2.05) is 25.2 Å². The van der Waals surface area contributed by atoms with E-state index in [2.05, 4.69) is 29.5 Å². The number of nitrogens with one attached hydrogen (secondary N) is 2. The molecule has 0 radical (unpaired) electrons. The third kappa shape index (κ3) is 3.71. The largest absolute Gasteiger partial charge is 0.493 e. The predicted octanol–water partition coefficient (Wildman–Crippen LogP) is 3.70. The maximum absolute atomic E-state index is 12.1. The first-order chi connectivity index (χ1) is 12.0. The first-order valence-corrected chi connectivity index (χ1v) is 9.12. The fourth-order valence-electron chi connectivity index (χ4n) is 2.77. The molecular weight excluding hydrogens is 338 g/mol. The van der Waals surface area contributed by atoms with E-state index in [1.165, 1.54) is 0 Å². The zero-order valence-corrected chi connectivity index (χ0v) is 15.7. The fraction of sp³-hybridized carbons (Fsp3) is 0.444. The summed E-state index contributed by atoms with van der Waals surface area (Å²) in [5.74, 6) is 2.44. The second kappa shape index (κ2) is 7.31. The lowest BCUT2D eigenvalue weighted by molar-refractivity contribution is -0.116. The summed E-state index contributed by atoms with van der Waals surface area (Å²) in [6.45, 7) is 4.84. The zero-order chi connectivity index (χ0) is 18.0. The molecule has 0 unspecified atom stereocenters. The van der Waals surface area contributed by atoms with Crippen molar-refractivity contribution in [1.82, 2.24) is 4.98 Å². The maximum Gasteiger partial charge on any atom is 0.226 e. The van der Waals surface area contributed by atoms with Gasteiger partial charge in [-0.3, -0.25) is 4.79 Å². The number of methoxy groups -OCH3 is 1. The van der Waals surface area contributed by atoms with Gasteiger partial charge in [0.1, 0.15) is 5.82 Å². The van der Waals surface area contributed by atoms with Crippen molar-refractivity contribution in [3.05, 3.63) is 28.6 Å². The van der Waals surface area contributed by atoms with E-state index in [1.54, 1.807) is 18.4 Å². The Morgan fingerprint density at radius 2 is 2.20 bits per heavy atom. The molecule has 2 heterocycles. The molecule has 2 aromatic rings. The van der Waals surface area contributed by atoms with Crippen molar-refractivity contribution < 1.29 is 14.3 Å². The quantitative estimate of drug-likeness (QED) is 0.821. The van der Waals surface area contributed by atoms with Crippen molar-refractivity contribution in [1.29, 1.82) is 0 Å². The highest BCUT2D eigenvalue weighted by Gasteiger charge is 2.30. The van der Waals surface area contributed by atoms with Crippen LogP contribution in [0.25, 0.3) is 0 Å². The average molecular weight is 361 g/mol. The molecule has 7 heteroatoms. The van der Waals surface area contributed by atoms with Gasteiger partial charge in [-0.05, 0) is 23.6 Å². The molecule has 6 nitrogen and oxygen atoms in total. The Hall–Kier alpha value is -2.28. The number of benzene rings is 1.